The van der Waals surface area contributed by atoms with Gasteiger partial charge < -0.3 is 10.4 Å². The number of thiazole rings is 1. The number of hydrogen-bond donors (Lipinski definition) is 2. The Labute approximate surface area is 144 Å². The molecule has 1 aromatic carbocycles. The molecule has 1 aliphatic rings. The Morgan fingerprint density at radius 1 is 1.29 bits per heavy atom. The number of nitrogens with one attached hydrogen (secondary N) is 1. The SMILES string of the molecule is CC1(NC(=O)c2cnc(-c3ccccc3)s2)CCCCC1C(=O)O. The van der Waals surface area contributed by atoms with Gasteiger partial charge >= 0.3 is 5.97 Å². The number of hydrogen-bond acceptors (Lipinski definition) is 4. The number of carbonyl (C=O) groups is 2. The highest BCUT2D eigenvalue weighted by molar-refractivity contribution is 7.16. The molecule has 2 atom stereocenters. The lowest BCUT2D eigenvalue weighted by Crippen LogP contribution is -2.55. The fourth-order valence-corrected chi connectivity index (χ4v) is 4.11. The predicted octanol–water partition coefficient (Wildman–Crippen LogP) is 3.57. The molecule has 1 heterocycles. The minimum absolute atomic E-state index is 0.245. The first-order valence-electron chi connectivity index (χ1n) is 8.06. The Morgan fingerprint density at radius 3 is 2.75 bits per heavy atom. The molecule has 126 valence electrons. The van der Waals surface area contributed by atoms with Crippen molar-refractivity contribution in [3.8, 4) is 10.6 Å². The van der Waals surface area contributed by atoms with E-state index >= 15 is 0 Å². The second-order valence-electron chi connectivity index (χ2n) is 6.40. The average molecular weight is 344 g/mol. The van der Waals surface area contributed by atoms with Crippen molar-refractivity contribution in [3.63, 3.8) is 0 Å². The minimum Gasteiger partial charge on any atom is -0.481 e. The number of amides is 1. The standard InChI is InChI=1S/C18H20N2O3S/c1-18(10-6-5-9-13(18)17(22)23)20-15(21)14-11-19-16(24-14)12-7-3-2-4-8-12/h2-4,7-8,11,13H,5-6,9-10H2,1H3,(H,20,21)(H,22,23). The van der Waals surface area contributed by atoms with Gasteiger partial charge in [0.05, 0.1) is 17.7 Å². The third-order valence-electron chi connectivity index (χ3n) is 4.66. The Hall–Kier alpha value is -2.21. The smallest absolute Gasteiger partial charge is 0.308 e. The van der Waals surface area contributed by atoms with Crippen LogP contribution in [0.3, 0.4) is 0 Å². The Morgan fingerprint density at radius 2 is 2.04 bits per heavy atom. The van der Waals surface area contributed by atoms with Gasteiger partial charge in [-0.3, -0.25) is 9.59 Å². The number of aliphatic carboxylic acids is 1. The minimum atomic E-state index is -0.841. The molecular formula is C18H20N2O3S. The van der Waals surface area contributed by atoms with Crippen molar-refractivity contribution in [3.05, 3.63) is 41.4 Å². The van der Waals surface area contributed by atoms with Crippen LogP contribution in [0.4, 0.5) is 0 Å². The molecule has 2 aromatic rings. The highest BCUT2D eigenvalue weighted by atomic mass is 32.1. The zero-order valence-corrected chi connectivity index (χ0v) is 14.3. The van der Waals surface area contributed by atoms with Crippen LogP contribution < -0.4 is 5.32 Å². The summed E-state index contributed by atoms with van der Waals surface area (Å²) in [7, 11) is 0. The van der Waals surface area contributed by atoms with Crippen molar-refractivity contribution in [2.24, 2.45) is 5.92 Å². The Kier molecular flexibility index (Phi) is 4.66. The normalized spacial score (nSPS) is 23.6. The molecular weight excluding hydrogens is 324 g/mol. The lowest BCUT2D eigenvalue weighted by atomic mass is 9.74. The van der Waals surface area contributed by atoms with Crippen molar-refractivity contribution >= 4 is 23.2 Å². The molecule has 1 saturated carbocycles. The monoisotopic (exact) mass is 344 g/mol. The molecule has 5 nitrogen and oxygen atoms in total. The van der Waals surface area contributed by atoms with E-state index in [4.69, 9.17) is 0 Å². The fraction of sp³-hybridized carbons (Fsp3) is 0.389. The molecule has 0 spiro atoms. The van der Waals surface area contributed by atoms with Gasteiger partial charge in [0, 0.05) is 5.56 Å². The van der Waals surface area contributed by atoms with Gasteiger partial charge in [0.15, 0.2) is 0 Å². The summed E-state index contributed by atoms with van der Waals surface area (Å²) in [5.41, 5.74) is 0.256. The van der Waals surface area contributed by atoms with E-state index in [0.29, 0.717) is 17.7 Å². The van der Waals surface area contributed by atoms with Gasteiger partial charge in [0.25, 0.3) is 5.91 Å². The van der Waals surface area contributed by atoms with Gasteiger partial charge in [-0.2, -0.15) is 0 Å². The van der Waals surface area contributed by atoms with Crippen LogP contribution in [-0.2, 0) is 4.79 Å². The lowest BCUT2D eigenvalue weighted by Gasteiger charge is -2.39. The first kappa shape index (κ1) is 16.6. The third kappa shape index (κ3) is 3.33. The van der Waals surface area contributed by atoms with Crippen molar-refractivity contribution in [1.82, 2.24) is 10.3 Å². The summed E-state index contributed by atoms with van der Waals surface area (Å²) < 4.78 is 0. The van der Waals surface area contributed by atoms with Crippen molar-refractivity contribution in [2.75, 3.05) is 0 Å². The maximum absolute atomic E-state index is 12.6. The molecule has 6 heteroatoms. The Bertz CT molecular complexity index is 744. The summed E-state index contributed by atoms with van der Waals surface area (Å²) in [6.07, 6.45) is 4.66. The number of carboxylic acids is 1. The topological polar surface area (TPSA) is 79.3 Å². The number of benzene rings is 1. The molecule has 2 unspecified atom stereocenters. The second-order valence-corrected chi connectivity index (χ2v) is 7.43. The molecule has 0 saturated heterocycles. The predicted molar refractivity (Wildman–Crippen MR) is 93.0 cm³/mol. The highest BCUT2D eigenvalue weighted by Gasteiger charge is 2.42. The summed E-state index contributed by atoms with van der Waals surface area (Å²) in [4.78, 5) is 28.9. The van der Waals surface area contributed by atoms with E-state index in [-0.39, 0.29) is 5.91 Å². The van der Waals surface area contributed by atoms with E-state index in [0.717, 1.165) is 23.4 Å². The molecule has 0 aliphatic heterocycles. The summed E-state index contributed by atoms with van der Waals surface area (Å²) in [5.74, 6) is -1.63. The van der Waals surface area contributed by atoms with Crippen LogP contribution in [0.2, 0.25) is 0 Å². The largest absolute Gasteiger partial charge is 0.481 e. The van der Waals surface area contributed by atoms with E-state index in [1.54, 1.807) is 6.20 Å². The number of rotatable bonds is 4. The van der Waals surface area contributed by atoms with E-state index in [2.05, 4.69) is 10.3 Å². The van der Waals surface area contributed by atoms with Crippen molar-refractivity contribution in [2.45, 2.75) is 38.1 Å². The first-order valence-corrected chi connectivity index (χ1v) is 8.88. The van der Waals surface area contributed by atoms with Crippen LogP contribution in [0.25, 0.3) is 10.6 Å². The van der Waals surface area contributed by atoms with E-state index < -0.39 is 17.4 Å². The van der Waals surface area contributed by atoms with Crippen LogP contribution >= 0.6 is 11.3 Å². The van der Waals surface area contributed by atoms with Crippen LogP contribution in [0.1, 0.15) is 42.3 Å². The summed E-state index contributed by atoms with van der Waals surface area (Å²) in [6.45, 7) is 1.84. The van der Waals surface area contributed by atoms with Crippen LogP contribution in [0, 0.1) is 5.92 Å². The Balaban J connectivity index is 1.77. The van der Waals surface area contributed by atoms with E-state index in [1.165, 1.54) is 11.3 Å². The number of aromatic nitrogens is 1. The van der Waals surface area contributed by atoms with Crippen LogP contribution in [-0.4, -0.2) is 27.5 Å². The van der Waals surface area contributed by atoms with Gasteiger partial charge in [0.1, 0.15) is 9.88 Å². The summed E-state index contributed by atoms with van der Waals surface area (Å²) >= 11 is 1.32. The van der Waals surface area contributed by atoms with Crippen molar-refractivity contribution in [1.29, 1.82) is 0 Å². The van der Waals surface area contributed by atoms with Gasteiger partial charge in [-0.05, 0) is 19.8 Å². The molecule has 1 aromatic heterocycles. The molecule has 1 aliphatic carbocycles. The van der Waals surface area contributed by atoms with E-state index in [1.807, 2.05) is 37.3 Å². The molecule has 1 fully saturated rings. The van der Waals surface area contributed by atoms with E-state index in [9.17, 15) is 14.7 Å². The van der Waals surface area contributed by atoms with Crippen molar-refractivity contribution < 1.29 is 14.7 Å². The van der Waals surface area contributed by atoms with Crippen LogP contribution in [0.5, 0.6) is 0 Å². The van der Waals surface area contributed by atoms with Gasteiger partial charge in [0.2, 0.25) is 0 Å². The maximum Gasteiger partial charge on any atom is 0.308 e. The van der Waals surface area contributed by atoms with Crippen LogP contribution in [0.15, 0.2) is 36.5 Å². The highest BCUT2D eigenvalue weighted by Crippen LogP contribution is 2.34. The molecule has 0 bridgehead atoms. The molecule has 0 radical (unpaired) electrons. The first-order chi connectivity index (χ1) is 11.5. The summed E-state index contributed by atoms with van der Waals surface area (Å²) in [6, 6.07) is 9.68. The molecule has 2 N–H and O–H groups in total. The number of carboxylic acid groups (broad SMARTS) is 1. The lowest BCUT2D eigenvalue weighted by molar-refractivity contribution is -0.145. The molecule has 24 heavy (non-hydrogen) atoms. The second kappa shape index (κ2) is 6.73. The fourth-order valence-electron chi connectivity index (χ4n) is 3.29. The van der Waals surface area contributed by atoms with Gasteiger partial charge in [-0.15, -0.1) is 11.3 Å². The number of nitrogens with zero attached hydrogens (tertiary/aromatic N) is 1. The van der Waals surface area contributed by atoms with Gasteiger partial charge in [-0.1, -0.05) is 43.2 Å². The quantitative estimate of drug-likeness (QED) is 0.888. The average Bonchev–Trinajstić information content (AvgIpc) is 3.05. The third-order valence-corrected chi connectivity index (χ3v) is 5.70. The number of carbonyl (C=O) groups excluding carboxylic acids is 1. The zero-order chi connectivity index (χ0) is 17.2. The molecule has 3 rings (SSSR count). The maximum atomic E-state index is 12.6. The molecule has 1 amide bonds. The summed E-state index contributed by atoms with van der Waals surface area (Å²) in [5, 5.41) is 13.2. The van der Waals surface area contributed by atoms with Gasteiger partial charge in [-0.25, -0.2) is 4.98 Å². The zero-order valence-electron chi connectivity index (χ0n) is 13.5.